The summed E-state index contributed by atoms with van der Waals surface area (Å²) in [5.74, 6) is 2.13. The van der Waals surface area contributed by atoms with E-state index in [1.54, 1.807) is 4.90 Å². The fourth-order valence-corrected chi connectivity index (χ4v) is 5.48. The number of halogens is 1. The lowest BCUT2D eigenvalue weighted by atomic mass is 10.1. The van der Waals surface area contributed by atoms with Gasteiger partial charge < -0.3 is 18.8 Å². The lowest BCUT2D eigenvalue weighted by molar-refractivity contribution is -0.121. The monoisotopic (exact) mass is 530 g/mol. The number of likely N-dealkylation sites (N-methyl/N-ethyl adjacent to an activating group) is 1. The number of benzene rings is 2. The van der Waals surface area contributed by atoms with Crippen LogP contribution >= 0.6 is 39.9 Å². The van der Waals surface area contributed by atoms with E-state index >= 15 is 0 Å². The van der Waals surface area contributed by atoms with Crippen LogP contribution in [0.3, 0.4) is 0 Å². The molecule has 1 fully saturated rings. The van der Waals surface area contributed by atoms with Gasteiger partial charge >= 0.3 is 0 Å². The molecule has 32 heavy (non-hydrogen) atoms. The van der Waals surface area contributed by atoms with E-state index in [0.717, 1.165) is 32.4 Å². The van der Waals surface area contributed by atoms with E-state index in [4.69, 9.17) is 26.4 Å². The molecule has 0 saturated carbocycles. The standard InChI is InChI=1S/C23H19BrN2O4S2/c1-2-26-22(27)21(32-23(26)31)9-14-12-25(18-5-3-15(24)10-17(14)18)7-8-28-16-4-6-19-20(11-16)30-13-29-19/h3-6,9-12H,2,7-8,13H2,1H3/b21-9-. The Morgan fingerprint density at radius 1 is 1.22 bits per heavy atom. The van der Waals surface area contributed by atoms with Crippen LogP contribution in [0, 0.1) is 0 Å². The van der Waals surface area contributed by atoms with Crippen molar-refractivity contribution in [1.82, 2.24) is 9.47 Å². The lowest BCUT2D eigenvalue weighted by Gasteiger charge is -2.09. The van der Waals surface area contributed by atoms with Gasteiger partial charge in [-0.15, -0.1) is 0 Å². The lowest BCUT2D eigenvalue weighted by Crippen LogP contribution is -2.27. The maximum atomic E-state index is 12.7. The van der Waals surface area contributed by atoms with Crippen molar-refractivity contribution in [3.8, 4) is 17.2 Å². The maximum Gasteiger partial charge on any atom is 0.266 e. The molecule has 0 radical (unpaired) electrons. The van der Waals surface area contributed by atoms with Gasteiger partial charge in [-0.3, -0.25) is 9.69 Å². The van der Waals surface area contributed by atoms with Gasteiger partial charge in [0.15, 0.2) is 11.5 Å². The Bertz CT molecular complexity index is 1270. The predicted octanol–water partition coefficient (Wildman–Crippen LogP) is 5.43. The summed E-state index contributed by atoms with van der Waals surface area (Å²) in [6.07, 6.45) is 3.98. The summed E-state index contributed by atoms with van der Waals surface area (Å²) in [7, 11) is 0. The minimum absolute atomic E-state index is 0.0375. The van der Waals surface area contributed by atoms with E-state index in [0.29, 0.717) is 34.7 Å². The molecule has 9 heteroatoms. The zero-order valence-corrected chi connectivity index (χ0v) is 20.4. The van der Waals surface area contributed by atoms with Crippen LogP contribution in [0.2, 0.25) is 0 Å². The highest BCUT2D eigenvalue weighted by atomic mass is 79.9. The number of rotatable bonds is 6. The number of thiocarbonyl (C=S) groups is 1. The van der Waals surface area contributed by atoms with E-state index in [9.17, 15) is 4.79 Å². The average molecular weight is 531 g/mol. The quantitative estimate of drug-likeness (QED) is 0.312. The molecule has 2 aliphatic heterocycles. The van der Waals surface area contributed by atoms with Gasteiger partial charge in [0.25, 0.3) is 5.91 Å². The van der Waals surface area contributed by atoms with Gasteiger partial charge in [-0.2, -0.15) is 0 Å². The highest BCUT2D eigenvalue weighted by molar-refractivity contribution is 9.10. The SMILES string of the molecule is CCN1C(=O)/C(=C/c2cn(CCOc3ccc4c(c3)OCO4)c3ccc(Br)cc23)SC1=S. The largest absolute Gasteiger partial charge is 0.492 e. The molecule has 0 unspecified atom stereocenters. The number of hydrogen-bond donors (Lipinski definition) is 0. The Hall–Kier alpha value is -2.49. The van der Waals surface area contributed by atoms with Crippen LogP contribution in [-0.4, -0.2) is 39.6 Å². The number of ether oxygens (including phenoxy) is 3. The molecule has 6 nitrogen and oxygen atoms in total. The third kappa shape index (κ3) is 4.00. The number of fused-ring (bicyclic) bond motifs is 2. The second kappa shape index (κ2) is 8.80. The Balaban J connectivity index is 1.39. The Kier molecular flexibility index (Phi) is 5.88. The first-order valence-electron chi connectivity index (χ1n) is 10.1. The second-order valence-corrected chi connectivity index (χ2v) is 9.82. The number of hydrogen-bond acceptors (Lipinski definition) is 6. The second-order valence-electron chi connectivity index (χ2n) is 7.23. The number of aromatic nitrogens is 1. The van der Waals surface area contributed by atoms with E-state index in [1.807, 2.05) is 37.3 Å². The van der Waals surface area contributed by atoms with E-state index in [1.165, 1.54) is 11.8 Å². The van der Waals surface area contributed by atoms with Crippen LogP contribution < -0.4 is 14.2 Å². The minimum Gasteiger partial charge on any atom is -0.492 e. The van der Waals surface area contributed by atoms with Crippen molar-refractivity contribution in [3.05, 3.63) is 57.5 Å². The van der Waals surface area contributed by atoms with Crippen LogP contribution in [-0.2, 0) is 11.3 Å². The van der Waals surface area contributed by atoms with Crippen LogP contribution in [0.25, 0.3) is 17.0 Å². The molecule has 5 rings (SSSR count). The smallest absolute Gasteiger partial charge is 0.266 e. The summed E-state index contributed by atoms with van der Waals surface area (Å²) in [6.45, 7) is 3.88. The molecular formula is C23H19BrN2O4S2. The summed E-state index contributed by atoms with van der Waals surface area (Å²) < 4.78 is 20.4. The Labute approximate surface area is 203 Å². The van der Waals surface area contributed by atoms with E-state index < -0.39 is 0 Å². The van der Waals surface area contributed by atoms with Gasteiger partial charge in [-0.25, -0.2) is 0 Å². The highest BCUT2D eigenvalue weighted by Crippen LogP contribution is 2.36. The van der Waals surface area contributed by atoms with Crippen molar-refractivity contribution in [2.45, 2.75) is 13.5 Å². The molecule has 1 saturated heterocycles. The molecule has 2 aliphatic rings. The van der Waals surface area contributed by atoms with Gasteiger partial charge in [0, 0.05) is 39.7 Å². The maximum absolute atomic E-state index is 12.7. The third-order valence-corrected chi connectivity index (χ3v) is 7.17. The molecule has 1 amide bonds. The van der Waals surface area contributed by atoms with Crippen molar-refractivity contribution in [1.29, 1.82) is 0 Å². The number of carbonyl (C=O) groups is 1. The molecular weight excluding hydrogens is 512 g/mol. The van der Waals surface area contributed by atoms with Crippen molar-refractivity contribution in [2.24, 2.45) is 0 Å². The molecule has 0 N–H and O–H groups in total. The fraction of sp³-hybridized carbons (Fsp3) is 0.217. The Morgan fingerprint density at radius 2 is 2.06 bits per heavy atom. The molecule has 0 spiro atoms. The van der Waals surface area contributed by atoms with Gasteiger partial charge in [0.2, 0.25) is 6.79 Å². The zero-order chi connectivity index (χ0) is 22.2. The Morgan fingerprint density at radius 3 is 2.88 bits per heavy atom. The van der Waals surface area contributed by atoms with Crippen LogP contribution in [0.4, 0.5) is 0 Å². The predicted molar refractivity (Wildman–Crippen MR) is 133 cm³/mol. The van der Waals surface area contributed by atoms with E-state index in [-0.39, 0.29) is 12.7 Å². The number of carbonyl (C=O) groups excluding carboxylic acids is 1. The first-order valence-corrected chi connectivity index (χ1v) is 12.1. The van der Waals surface area contributed by atoms with Crippen molar-refractivity contribution in [2.75, 3.05) is 19.9 Å². The van der Waals surface area contributed by atoms with Crippen LogP contribution in [0.5, 0.6) is 17.2 Å². The van der Waals surface area contributed by atoms with Crippen molar-refractivity contribution < 1.29 is 19.0 Å². The average Bonchev–Trinajstić information content (AvgIpc) is 3.45. The number of amides is 1. The number of nitrogens with zero attached hydrogens (tertiary/aromatic N) is 2. The molecule has 3 heterocycles. The normalized spacial score (nSPS) is 16.6. The summed E-state index contributed by atoms with van der Waals surface area (Å²) in [6, 6.07) is 11.7. The molecule has 1 aromatic heterocycles. The summed E-state index contributed by atoms with van der Waals surface area (Å²) in [5.41, 5.74) is 2.04. The van der Waals surface area contributed by atoms with E-state index in [2.05, 4.69) is 38.8 Å². The fourth-order valence-electron chi connectivity index (χ4n) is 3.74. The number of thioether (sulfide) groups is 1. The van der Waals surface area contributed by atoms with Gasteiger partial charge in [0.1, 0.15) is 16.7 Å². The molecule has 3 aromatic rings. The van der Waals surface area contributed by atoms with Gasteiger partial charge in [0.05, 0.1) is 11.4 Å². The zero-order valence-electron chi connectivity index (χ0n) is 17.2. The first kappa shape index (κ1) is 21.4. The summed E-state index contributed by atoms with van der Waals surface area (Å²) in [5, 5.41) is 1.06. The summed E-state index contributed by atoms with van der Waals surface area (Å²) >= 11 is 10.3. The van der Waals surface area contributed by atoms with Crippen molar-refractivity contribution in [3.63, 3.8) is 0 Å². The highest BCUT2D eigenvalue weighted by Gasteiger charge is 2.30. The minimum atomic E-state index is -0.0375. The molecule has 0 bridgehead atoms. The van der Waals surface area contributed by atoms with Crippen LogP contribution in [0.1, 0.15) is 12.5 Å². The van der Waals surface area contributed by atoms with Crippen molar-refractivity contribution >= 4 is 67.1 Å². The summed E-state index contributed by atoms with van der Waals surface area (Å²) in [4.78, 5) is 14.9. The molecule has 0 atom stereocenters. The third-order valence-electron chi connectivity index (χ3n) is 5.30. The molecule has 0 aliphatic carbocycles. The molecule has 2 aromatic carbocycles. The van der Waals surface area contributed by atoms with Gasteiger partial charge in [-0.05, 0) is 43.3 Å². The van der Waals surface area contributed by atoms with Gasteiger partial charge in [-0.1, -0.05) is 39.9 Å². The van der Waals surface area contributed by atoms with Crippen LogP contribution in [0.15, 0.2) is 52.0 Å². The first-order chi connectivity index (χ1) is 15.5. The molecule has 164 valence electrons. The topological polar surface area (TPSA) is 52.9 Å².